The van der Waals surface area contributed by atoms with E-state index in [-0.39, 0.29) is 29.6 Å². The molecule has 14 heteroatoms. The molecule has 0 unspecified atom stereocenters. The molecule has 2 aliphatic rings. The second-order valence-electron chi connectivity index (χ2n) is 8.55. The smallest absolute Gasteiger partial charge is 0.452 e. The van der Waals surface area contributed by atoms with E-state index in [1.807, 2.05) is 0 Å². The van der Waals surface area contributed by atoms with Crippen LogP contribution in [0.5, 0.6) is 5.75 Å². The van der Waals surface area contributed by atoms with Crippen molar-refractivity contribution in [2.45, 2.75) is 42.1 Å². The van der Waals surface area contributed by atoms with E-state index >= 15 is 0 Å². The highest BCUT2D eigenvalue weighted by molar-refractivity contribution is 7.90. The second kappa shape index (κ2) is 7.62. The summed E-state index contributed by atoms with van der Waals surface area (Å²) in [5.41, 5.74) is -1.23. The Kier molecular flexibility index (Phi) is 5.46. The van der Waals surface area contributed by atoms with E-state index in [1.165, 1.54) is 4.90 Å². The molecule has 0 bridgehead atoms. The molecule has 186 valence electrons. The maximum Gasteiger partial charge on any atom is 0.452 e. The van der Waals surface area contributed by atoms with Gasteiger partial charge in [-0.1, -0.05) is 5.16 Å². The summed E-state index contributed by atoms with van der Waals surface area (Å²) in [4.78, 5) is 14.2. The van der Waals surface area contributed by atoms with Gasteiger partial charge in [-0.2, -0.15) is 26.3 Å². The number of hydrogen-bond acceptors (Lipinski definition) is 6. The Morgan fingerprint density at radius 3 is 2.47 bits per heavy atom. The standard InChI is InChI=1S/C20H18F6N2O5S/c1-10(19(21,22)23)32-14-4-3-12(34(2,30)31)5-13(14)17(29)28-8-11-7-18(11,9-28)15-6-16(33-27-15)20(24,25)26/h3-6,10-11H,7-9H2,1-2H3/t10-,11+,18+/m1/s1. The van der Waals surface area contributed by atoms with E-state index in [0.717, 1.165) is 37.4 Å². The summed E-state index contributed by atoms with van der Waals surface area (Å²) in [7, 11) is -3.80. The number of rotatable bonds is 5. The predicted molar refractivity (Wildman–Crippen MR) is 103 cm³/mol. The van der Waals surface area contributed by atoms with Crippen LogP contribution < -0.4 is 4.74 Å². The maximum atomic E-state index is 13.2. The number of ether oxygens (including phenoxy) is 1. The molecule has 1 aromatic heterocycles. The molecule has 2 aromatic rings. The summed E-state index contributed by atoms with van der Waals surface area (Å²) in [5.74, 6) is -2.76. The van der Waals surface area contributed by atoms with Crippen LogP contribution in [0.15, 0.2) is 33.7 Å². The number of hydrogen-bond donors (Lipinski definition) is 0. The lowest BCUT2D eigenvalue weighted by atomic mass is 10.0. The fraction of sp³-hybridized carbons (Fsp3) is 0.500. The number of aromatic nitrogens is 1. The van der Waals surface area contributed by atoms with Crippen molar-refractivity contribution in [3.8, 4) is 5.75 Å². The lowest BCUT2D eigenvalue weighted by Crippen LogP contribution is -2.35. The van der Waals surface area contributed by atoms with Gasteiger partial charge >= 0.3 is 12.4 Å². The van der Waals surface area contributed by atoms with Crippen LogP contribution in [-0.4, -0.2) is 56.0 Å². The minimum atomic E-state index is -4.74. The van der Waals surface area contributed by atoms with Crippen LogP contribution in [0.3, 0.4) is 0 Å². The van der Waals surface area contributed by atoms with Gasteiger partial charge in [0.1, 0.15) is 5.75 Å². The first kappa shape index (κ1) is 24.4. The number of fused-ring (bicyclic) bond motifs is 1. The Morgan fingerprint density at radius 2 is 1.91 bits per heavy atom. The van der Waals surface area contributed by atoms with E-state index < -0.39 is 56.7 Å². The van der Waals surface area contributed by atoms with Crippen LogP contribution in [0.1, 0.15) is 35.2 Å². The number of alkyl halides is 6. The average molecular weight is 512 g/mol. The van der Waals surface area contributed by atoms with Gasteiger partial charge in [0.25, 0.3) is 5.91 Å². The van der Waals surface area contributed by atoms with Crippen molar-refractivity contribution in [3.05, 3.63) is 41.3 Å². The fourth-order valence-electron chi connectivity index (χ4n) is 4.11. The first-order chi connectivity index (χ1) is 15.5. The molecular weight excluding hydrogens is 494 g/mol. The van der Waals surface area contributed by atoms with E-state index in [4.69, 9.17) is 4.74 Å². The van der Waals surface area contributed by atoms with E-state index in [9.17, 15) is 39.6 Å². The Morgan fingerprint density at radius 1 is 1.24 bits per heavy atom. The summed E-state index contributed by atoms with van der Waals surface area (Å²) in [6.07, 6.45) is -10.4. The Labute approximate surface area is 189 Å². The van der Waals surface area contributed by atoms with Crippen LogP contribution in [0.25, 0.3) is 0 Å². The van der Waals surface area contributed by atoms with Crippen LogP contribution in [0, 0.1) is 5.92 Å². The maximum absolute atomic E-state index is 13.2. The van der Waals surface area contributed by atoms with Crippen LogP contribution in [0.4, 0.5) is 26.3 Å². The molecule has 0 N–H and O–H groups in total. The zero-order chi connectivity index (χ0) is 25.3. The monoisotopic (exact) mass is 512 g/mol. The second-order valence-corrected chi connectivity index (χ2v) is 10.6. The van der Waals surface area contributed by atoms with Gasteiger partial charge in [-0.05, 0) is 37.5 Å². The van der Waals surface area contributed by atoms with Gasteiger partial charge in [-0.3, -0.25) is 4.79 Å². The molecule has 1 amide bonds. The third-order valence-corrected chi connectivity index (χ3v) is 7.22. The van der Waals surface area contributed by atoms with Gasteiger partial charge in [-0.15, -0.1) is 0 Å². The van der Waals surface area contributed by atoms with Gasteiger partial charge in [0.15, 0.2) is 15.9 Å². The molecule has 1 saturated carbocycles. The van der Waals surface area contributed by atoms with Gasteiger partial charge in [0.05, 0.1) is 16.2 Å². The molecule has 1 saturated heterocycles. The molecule has 2 fully saturated rings. The van der Waals surface area contributed by atoms with Crippen molar-refractivity contribution in [1.29, 1.82) is 0 Å². The van der Waals surface area contributed by atoms with Gasteiger partial charge < -0.3 is 14.2 Å². The molecule has 0 radical (unpaired) electrons. The number of benzene rings is 1. The molecule has 1 aromatic carbocycles. The van der Waals surface area contributed by atoms with Crippen molar-refractivity contribution in [2.24, 2.45) is 5.92 Å². The topological polar surface area (TPSA) is 89.7 Å². The minimum Gasteiger partial charge on any atom is -0.480 e. The Hall–Kier alpha value is -2.77. The van der Waals surface area contributed by atoms with Gasteiger partial charge in [-0.25, -0.2) is 8.42 Å². The molecule has 4 rings (SSSR count). The Bertz CT molecular complexity index is 1240. The van der Waals surface area contributed by atoms with Crippen LogP contribution in [0.2, 0.25) is 0 Å². The van der Waals surface area contributed by atoms with Crippen molar-refractivity contribution < 1.29 is 48.8 Å². The number of carbonyl (C=O) groups excluding carboxylic acids is 1. The normalized spacial score (nSPS) is 23.5. The fourth-order valence-corrected chi connectivity index (χ4v) is 4.76. The molecule has 0 spiro atoms. The summed E-state index contributed by atoms with van der Waals surface area (Å²) in [6.45, 7) is 0.781. The molecular formula is C20H18F6N2O5S. The first-order valence-electron chi connectivity index (χ1n) is 9.93. The highest BCUT2D eigenvalue weighted by Gasteiger charge is 2.64. The minimum absolute atomic E-state index is 0.0344. The number of sulfone groups is 1. The number of nitrogens with zero attached hydrogens (tertiary/aromatic N) is 2. The Balaban J connectivity index is 1.63. The van der Waals surface area contributed by atoms with Crippen molar-refractivity contribution in [2.75, 3.05) is 19.3 Å². The van der Waals surface area contributed by atoms with Crippen molar-refractivity contribution in [1.82, 2.24) is 10.1 Å². The third kappa shape index (κ3) is 4.34. The largest absolute Gasteiger partial charge is 0.480 e. The highest BCUT2D eigenvalue weighted by atomic mass is 32.2. The molecule has 7 nitrogen and oxygen atoms in total. The van der Waals surface area contributed by atoms with Crippen LogP contribution >= 0.6 is 0 Å². The first-order valence-corrected chi connectivity index (χ1v) is 11.8. The predicted octanol–water partition coefficient (Wildman–Crippen LogP) is 3.84. The van der Waals surface area contributed by atoms with Gasteiger partial charge in [0, 0.05) is 30.8 Å². The number of halogens is 6. The average Bonchev–Trinajstić information content (AvgIpc) is 3.07. The lowest BCUT2D eigenvalue weighted by molar-refractivity contribution is -0.189. The van der Waals surface area contributed by atoms with Crippen molar-refractivity contribution >= 4 is 15.7 Å². The number of piperidine rings is 1. The molecule has 34 heavy (non-hydrogen) atoms. The highest BCUT2D eigenvalue weighted by Crippen LogP contribution is 2.59. The number of carbonyl (C=O) groups is 1. The van der Waals surface area contributed by atoms with E-state index in [2.05, 4.69) is 9.68 Å². The zero-order valence-corrected chi connectivity index (χ0v) is 18.5. The molecule has 2 heterocycles. The van der Waals surface area contributed by atoms with Gasteiger partial charge in [0.2, 0.25) is 5.76 Å². The summed E-state index contributed by atoms with van der Waals surface area (Å²) >= 11 is 0. The molecule has 3 atom stereocenters. The summed E-state index contributed by atoms with van der Waals surface area (Å²) in [6, 6.07) is 3.72. The zero-order valence-electron chi connectivity index (χ0n) is 17.7. The van der Waals surface area contributed by atoms with E-state index in [1.54, 1.807) is 0 Å². The quantitative estimate of drug-likeness (QED) is 0.566. The molecule has 1 aliphatic carbocycles. The SMILES string of the molecule is C[C@@H](Oc1ccc(S(C)(=O)=O)cc1C(=O)N1C[C@@H]2C[C@]2(c2cc(C(F)(F)F)on2)C1)C(F)(F)F. The van der Waals surface area contributed by atoms with Crippen LogP contribution in [-0.2, 0) is 21.4 Å². The van der Waals surface area contributed by atoms with Crippen molar-refractivity contribution in [3.63, 3.8) is 0 Å². The third-order valence-electron chi connectivity index (χ3n) is 6.11. The number of likely N-dealkylation sites (tertiary alicyclic amines) is 1. The molecule has 1 aliphatic heterocycles. The summed E-state index contributed by atoms with van der Waals surface area (Å²) < 4.78 is 111. The lowest BCUT2D eigenvalue weighted by Gasteiger charge is -2.24. The van der Waals surface area contributed by atoms with E-state index in [0.29, 0.717) is 6.42 Å². The number of amides is 1. The summed E-state index contributed by atoms with van der Waals surface area (Å²) in [5, 5.41) is 3.51.